The van der Waals surface area contributed by atoms with Gasteiger partial charge >= 0.3 is 6.61 Å². The van der Waals surface area contributed by atoms with Crippen molar-refractivity contribution in [2.75, 3.05) is 27.3 Å². The summed E-state index contributed by atoms with van der Waals surface area (Å²) in [5.41, 5.74) is 0.521. The molecule has 0 saturated heterocycles. The molecular formula is C14H21ClF2IN3O2. The lowest BCUT2D eigenvalue weighted by Gasteiger charge is -2.14. The monoisotopic (exact) mass is 463 g/mol. The molecule has 132 valence electrons. The Morgan fingerprint density at radius 3 is 2.70 bits per heavy atom. The number of hydrogen-bond acceptors (Lipinski definition) is 3. The highest BCUT2D eigenvalue weighted by molar-refractivity contribution is 14.0. The summed E-state index contributed by atoms with van der Waals surface area (Å²) < 4.78 is 34.2. The number of nitrogens with zero attached hydrogens (tertiary/aromatic N) is 1. The molecule has 2 N–H and O–H groups in total. The fourth-order valence-corrected chi connectivity index (χ4v) is 1.91. The number of rotatable bonds is 8. The number of hydrogen-bond donors (Lipinski definition) is 2. The van der Waals surface area contributed by atoms with Crippen molar-refractivity contribution in [2.45, 2.75) is 19.6 Å². The summed E-state index contributed by atoms with van der Waals surface area (Å²) in [4.78, 5) is 4.05. The maximum Gasteiger partial charge on any atom is 0.387 e. The topological polar surface area (TPSA) is 54.9 Å². The van der Waals surface area contributed by atoms with E-state index in [9.17, 15) is 8.78 Å². The average molecular weight is 464 g/mol. The van der Waals surface area contributed by atoms with Crippen LogP contribution in [0.1, 0.15) is 12.0 Å². The number of guanidine groups is 1. The Kier molecular flexibility index (Phi) is 12.1. The van der Waals surface area contributed by atoms with Crippen molar-refractivity contribution in [3.05, 3.63) is 28.8 Å². The Morgan fingerprint density at radius 2 is 2.09 bits per heavy atom. The zero-order valence-electron chi connectivity index (χ0n) is 12.9. The maximum absolute atomic E-state index is 12.4. The van der Waals surface area contributed by atoms with Crippen molar-refractivity contribution >= 4 is 41.5 Å². The molecule has 0 saturated carbocycles. The quantitative estimate of drug-likeness (QED) is 0.269. The lowest BCUT2D eigenvalue weighted by atomic mass is 10.2. The first-order valence-corrected chi connectivity index (χ1v) is 7.11. The molecule has 0 aliphatic heterocycles. The molecule has 1 aromatic carbocycles. The summed E-state index contributed by atoms with van der Waals surface area (Å²) >= 11 is 5.89. The molecule has 0 heterocycles. The van der Waals surface area contributed by atoms with E-state index in [-0.39, 0.29) is 36.3 Å². The first kappa shape index (κ1) is 22.1. The van der Waals surface area contributed by atoms with Gasteiger partial charge in [-0.2, -0.15) is 8.78 Å². The molecule has 0 amide bonds. The van der Waals surface area contributed by atoms with E-state index in [0.717, 1.165) is 6.42 Å². The van der Waals surface area contributed by atoms with E-state index in [2.05, 4.69) is 20.4 Å². The maximum atomic E-state index is 12.4. The molecule has 0 spiro atoms. The molecule has 1 rings (SSSR count). The predicted octanol–water partition coefficient (Wildman–Crippen LogP) is 3.26. The smallest absolute Gasteiger partial charge is 0.387 e. The molecule has 0 bridgehead atoms. The standard InChI is InChI=1S/C14H20ClF2N3O2.HI/c1-18-14(19-6-3-7-21-2)20-9-10-8-11(15)4-5-12(10)22-13(16)17;/h4-5,8,13H,3,6-7,9H2,1-2H3,(H2,18,19,20);1H. The number of halogens is 4. The number of ether oxygens (including phenoxy) is 2. The third-order valence-corrected chi connectivity index (χ3v) is 2.96. The summed E-state index contributed by atoms with van der Waals surface area (Å²) in [6, 6.07) is 4.49. The minimum Gasteiger partial charge on any atom is -0.434 e. The van der Waals surface area contributed by atoms with Crippen molar-refractivity contribution in [3.8, 4) is 5.75 Å². The Hall–Kier alpha value is -0.870. The van der Waals surface area contributed by atoms with Gasteiger partial charge in [0.1, 0.15) is 5.75 Å². The minimum absolute atomic E-state index is 0. The summed E-state index contributed by atoms with van der Waals surface area (Å²) in [7, 11) is 3.26. The van der Waals surface area contributed by atoms with Crippen LogP contribution in [0.3, 0.4) is 0 Å². The summed E-state index contributed by atoms with van der Waals surface area (Å²) in [6.07, 6.45) is 0.827. The summed E-state index contributed by atoms with van der Waals surface area (Å²) in [5, 5.41) is 6.55. The van der Waals surface area contributed by atoms with Crippen LogP contribution in [0.4, 0.5) is 8.78 Å². The second-order valence-corrected chi connectivity index (χ2v) is 4.77. The molecule has 0 aromatic heterocycles. The second kappa shape index (κ2) is 12.5. The summed E-state index contributed by atoms with van der Waals surface area (Å²) in [5.74, 6) is 0.640. The Bertz CT molecular complexity index is 493. The molecule has 23 heavy (non-hydrogen) atoms. The van der Waals surface area contributed by atoms with Gasteiger partial charge in [0, 0.05) is 44.4 Å². The van der Waals surface area contributed by atoms with Crippen LogP contribution in [0.15, 0.2) is 23.2 Å². The largest absolute Gasteiger partial charge is 0.434 e. The van der Waals surface area contributed by atoms with Crippen LogP contribution in [0.2, 0.25) is 5.02 Å². The summed E-state index contributed by atoms with van der Waals surface area (Å²) in [6.45, 7) is -1.30. The van der Waals surface area contributed by atoms with Gasteiger partial charge < -0.3 is 20.1 Å². The van der Waals surface area contributed by atoms with E-state index in [0.29, 0.717) is 29.7 Å². The number of aliphatic imine (C=N–C) groups is 1. The van der Waals surface area contributed by atoms with Gasteiger partial charge in [-0.3, -0.25) is 4.99 Å². The second-order valence-electron chi connectivity index (χ2n) is 4.33. The molecule has 1 aromatic rings. The first-order valence-electron chi connectivity index (χ1n) is 6.73. The van der Waals surface area contributed by atoms with Gasteiger partial charge in [0.05, 0.1) is 0 Å². The molecule has 9 heteroatoms. The zero-order chi connectivity index (χ0) is 16.4. The van der Waals surface area contributed by atoms with E-state index in [4.69, 9.17) is 16.3 Å². The molecule has 0 fully saturated rings. The number of alkyl halides is 2. The molecule has 0 aliphatic rings. The molecule has 0 radical (unpaired) electrons. The third kappa shape index (κ3) is 9.11. The van der Waals surface area contributed by atoms with Crippen molar-refractivity contribution in [1.29, 1.82) is 0 Å². The zero-order valence-corrected chi connectivity index (χ0v) is 16.0. The fourth-order valence-electron chi connectivity index (χ4n) is 1.72. The van der Waals surface area contributed by atoms with Gasteiger partial charge in [0.2, 0.25) is 0 Å². The minimum atomic E-state index is -2.88. The van der Waals surface area contributed by atoms with Gasteiger partial charge in [-0.1, -0.05) is 11.6 Å². The van der Waals surface area contributed by atoms with Crippen LogP contribution < -0.4 is 15.4 Å². The average Bonchev–Trinajstić information content (AvgIpc) is 2.48. The van der Waals surface area contributed by atoms with Crippen LogP contribution >= 0.6 is 35.6 Å². The van der Waals surface area contributed by atoms with Crippen LogP contribution in [0.25, 0.3) is 0 Å². The van der Waals surface area contributed by atoms with Gasteiger partial charge in [0.25, 0.3) is 0 Å². The highest BCUT2D eigenvalue weighted by Gasteiger charge is 2.10. The molecule has 0 atom stereocenters. The van der Waals surface area contributed by atoms with E-state index >= 15 is 0 Å². The normalized spacial score (nSPS) is 11.1. The molecular weight excluding hydrogens is 443 g/mol. The number of methoxy groups -OCH3 is 1. The van der Waals surface area contributed by atoms with Crippen molar-refractivity contribution in [1.82, 2.24) is 10.6 Å². The molecule has 0 unspecified atom stereocenters. The van der Waals surface area contributed by atoms with Gasteiger partial charge in [-0.15, -0.1) is 24.0 Å². The van der Waals surface area contributed by atoms with Crippen LogP contribution in [0.5, 0.6) is 5.75 Å². The lowest BCUT2D eigenvalue weighted by molar-refractivity contribution is -0.0504. The number of nitrogens with one attached hydrogen (secondary N) is 2. The Morgan fingerprint density at radius 1 is 1.35 bits per heavy atom. The third-order valence-electron chi connectivity index (χ3n) is 2.73. The van der Waals surface area contributed by atoms with Crippen LogP contribution in [-0.4, -0.2) is 39.9 Å². The van der Waals surface area contributed by atoms with Gasteiger partial charge in [-0.25, -0.2) is 0 Å². The highest BCUT2D eigenvalue weighted by Crippen LogP contribution is 2.24. The van der Waals surface area contributed by atoms with Crippen LogP contribution in [-0.2, 0) is 11.3 Å². The molecule has 5 nitrogen and oxygen atoms in total. The number of benzene rings is 1. The molecule has 0 aliphatic carbocycles. The van der Waals surface area contributed by atoms with Crippen molar-refractivity contribution in [3.63, 3.8) is 0 Å². The van der Waals surface area contributed by atoms with Crippen molar-refractivity contribution in [2.24, 2.45) is 4.99 Å². The SMILES string of the molecule is CN=C(NCCCOC)NCc1cc(Cl)ccc1OC(F)F.I. The van der Waals surface area contributed by atoms with Crippen LogP contribution in [0, 0.1) is 0 Å². The fraction of sp³-hybridized carbons (Fsp3) is 0.500. The van der Waals surface area contributed by atoms with Gasteiger partial charge in [0.15, 0.2) is 5.96 Å². The van der Waals surface area contributed by atoms with E-state index < -0.39 is 6.61 Å². The Balaban J connectivity index is 0.00000484. The van der Waals surface area contributed by atoms with Crippen molar-refractivity contribution < 1.29 is 18.3 Å². The van der Waals surface area contributed by atoms with Gasteiger partial charge in [-0.05, 0) is 24.6 Å². The Labute approximate surface area is 156 Å². The lowest BCUT2D eigenvalue weighted by Crippen LogP contribution is -2.37. The predicted molar refractivity (Wildman–Crippen MR) is 98.2 cm³/mol. The van der Waals surface area contributed by atoms with E-state index in [1.54, 1.807) is 20.2 Å². The van der Waals surface area contributed by atoms with E-state index in [1.807, 2.05) is 0 Å². The van der Waals surface area contributed by atoms with E-state index in [1.165, 1.54) is 12.1 Å². The first-order chi connectivity index (χ1) is 10.6. The highest BCUT2D eigenvalue weighted by atomic mass is 127.